The molecule has 1 aromatic carbocycles. The van der Waals surface area contributed by atoms with Gasteiger partial charge in [0.25, 0.3) is 0 Å². The summed E-state index contributed by atoms with van der Waals surface area (Å²) >= 11 is 6.06. The molecule has 0 atom stereocenters. The van der Waals surface area contributed by atoms with E-state index in [4.69, 9.17) is 11.6 Å². The van der Waals surface area contributed by atoms with Gasteiger partial charge in [0.2, 0.25) is 0 Å². The molecule has 22 heavy (non-hydrogen) atoms. The van der Waals surface area contributed by atoms with Crippen LogP contribution in [0, 0.1) is 11.3 Å². The second kappa shape index (κ2) is 8.56. The van der Waals surface area contributed by atoms with Crippen LogP contribution in [0.4, 0.5) is 0 Å². The number of rotatable bonds is 7. The van der Waals surface area contributed by atoms with Crippen LogP contribution in [0.1, 0.15) is 55.0 Å². The van der Waals surface area contributed by atoms with Crippen LogP contribution < -0.4 is 0 Å². The first-order valence-electron chi connectivity index (χ1n) is 7.87. The highest BCUT2D eigenvalue weighted by Crippen LogP contribution is 2.20. The standard InChI is InChI=1S/C19H21ClN2/c1-2-3-4-5-8-15-11-12-19(20)22-18(15)13-16-9-6-7-10-17(16)14-21/h6-7,9-12H,2-5,8,13H2,1H3. The highest BCUT2D eigenvalue weighted by Gasteiger charge is 2.09. The molecule has 0 unspecified atom stereocenters. The average molecular weight is 313 g/mol. The molecular weight excluding hydrogens is 292 g/mol. The topological polar surface area (TPSA) is 36.7 Å². The number of nitriles is 1. The van der Waals surface area contributed by atoms with Gasteiger partial charge in [0.15, 0.2) is 0 Å². The molecule has 0 aliphatic heterocycles. The molecule has 0 saturated heterocycles. The van der Waals surface area contributed by atoms with Crippen LogP contribution in [0.15, 0.2) is 36.4 Å². The van der Waals surface area contributed by atoms with Crippen LogP contribution in [0.25, 0.3) is 0 Å². The molecule has 0 N–H and O–H groups in total. The molecule has 0 saturated carbocycles. The van der Waals surface area contributed by atoms with Crippen molar-refractivity contribution in [2.75, 3.05) is 0 Å². The summed E-state index contributed by atoms with van der Waals surface area (Å²) in [4.78, 5) is 4.50. The van der Waals surface area contributed by atoms with Gasteiger partial charge in [0.1, 0.15) is 5.15 Å². The summed E-state index contributed by atoms with van der Waals surface area (Å²) in [6, 6.07) is 13.9. The molecule has 0 aliphatic rings. The fraction of sp³-hybridized carbons (Fsp3) is 0.368. The van der Waals surface area contributed by atoms with Gasteiger partial charge in [0.05, 0.1) is 11.6 Å². The number of aromatic nitrogens is 1. The molecule has 0 fully saturated rings. The molecule has 2 aromatic rings. The van der Waals surface area contributed by atoms with Crippen LogP contribution >= 0.6 is 11.6 Å². The van der Waals surface area contributed by atoms with Crippen LogP contribution in [0.5, 0.6) is 0 Å². The summed E-state index contributed by atoms with van der Waals surface area (Å²) in [5.41, 5.74) is 3.95. The lowest BCUT2D eigenvalue weighted by Gasteiger charge is -2.10. The van der Waals surface area contributed by atoms with Gasteiger partial charge in [-0.15, -0.1) is 0 Å². The average Bonchev–Trinajstić information content (AvgIpc) is 2.54. The van der Waals surface area contributed by atoms with Gasteiger partial charge in [-0.3, -0.25) is 0 Å². The predicted octanol–water partition coefficient (Wildman–Crippen LogP) is 5.32. The number of pyridine rings is 1. The largest absolute Gasteiger partial charge is 0.241 e. The maximum atomic E-state index is 9.22. The zero-order valence-electron chi connectivity index (χ0n) is 13.0. The number of unbranched alkanes of at least 4 members (excludes halogenated alkanes) is 3. The Labute approximate surface area is 137 Å². The molecule has 2 nitrogen and oxygen atoms in total. The van der Waals surface area contributed by atoms with E-state index in [2.05, 4.69) is 24.0 Å². The molecule has 3 heteroatoms. The molecule has 0 spiro atoms. The van der Waals surface area contributed by atoms with Gasteiger partial charge < -0.3 is 0 Å². The first-order valence-corrected chi connectivity index (χ1v) is 8.24. The van der Waals surface area contributed by atoms with Gasteiger partial charge in [-0.2, -0.15) is 5.26 Å². The van der Waals surface area contributed by atoms with E-state index in [1.165, 1.54) is 31.2 Å². The number of nitrogens with zero attached hydrogens (tertiary/aromatic N) is 2. The zero-order chi connectivity index (χ0) is 15.8. The molecule has 0 aliphatic carbocycles. The van der Waals surface area contributed by atoms with E-state index in [0.29, 0.717) is 17.1 Å². The Bertz CT molecular complexity index is 659. The lowest BCUT2D eigenvalue weighted by atomic mass is 9.98. The summed E-state index contributed by atoms with van der Waals surface area (Å²) in [7, 11) is 0. The Morgan fingerprint density at radius 3 is 2.64 bits per heavy atom. The van der Waals surface area contributed by atoms with E-state index < -0.39 is 0 Å². The van der Waals surface area contributed by atoms with E-state index in [9.17, 15) is 5.26 Å². The molecule has 0 radical (unpaired) electrons. The molecule has 2 rings (SSSR count). The van der Waals surface area contributed by atoms with Crippen molar-refractivity contribution in [3.63, 3.8) is 0 Å². The number of aryl methyl sites for hydroxylation is 1. The minimum absolute atomic E-state index is 0.516. The summed E-state index contributed by atoms with van der Waals surface area (Å²) in [5.74, 6) is 0. The van der Waals surface area contributed by atoms with Gasteiger partial charge >= 0.3 is 0 Å². The van der Waals surface area contributed by atoms with E-state index >= 15 is 0 Å². The van der Waals surface area contributed by atoms with E-state index in [-0.39, 0.29) is 0 Å². The molecule has 114 valence electrons. The van der Waals surface area contributed by atoms with Crippen molar-refractivity contribution in [2.45, 2.75) is 45.4 Å². The van der Waals surface area contributed by atoms with Crippen molar-refractivity contribution >= 4 is 11.6 Å². The third-order valence-electron chi connectivity index (χ3n) is 3.83. The summed E-state index contributed by atoms with van der Waals surface area (Å²) in [6.45, 7) is 2.22. The highest BCUT2D eigenvalue weighted by molar-refractivity contribution is 6.29. The quantitative estimate of drug-likeness (QED) is 0.512. The van der Waals surface area contributed by atoms with Crippen molar-refractivity contribution in [3.8, 4) is 6.07 Å². The highest BCUT2D eigenvalue weighted by atomic mass is 35.5. The lowest BCUT2D eigenvalue weighted by Crippen LogP contribution is -2.01. The van der Waals surface area contributed by atoms with Crippen LogP contribution in [0.3, 0.4) is 0 Å². The summed E-state index contributed by atoms with van der Waals surface area (Å²) < 4.78 is 0. The van der Waals surface area contributed by atoms with Crippen LogP contribution in [0.2, 0.25) is 5.15 Å². The fourth-order valence-electron chi connectivity index (χ4n) is 2.59. The molecule has 0 bridgehead atoms. The lowest BCUT2D eigenvalue weighted by molar-refractivity contribution is 0.663. The number of benzene rings is 1. The van der Waals surface area contributed by atoms with Crippen LogP contribution in [-0.2, 0) is 12.8 Å². The van der Waals surface area contributed by atoms with Gasteiger partial charge in [-0.05, 0) is 36.1 Å². The van der Waals surface area contributed by atoms with Gasteiger partial charge in [-0.1, -0.05) is 62.1 Å². The molecule has 1 aromatic heterocycles. The van der Waals surface area contributed by atoms with Crippen molar-refractivity contribution < 1.29 is 0 Å². The minimum Gasteiger partial charge on any atom is -0.241 e. The SMILES string of the molecule is CCCCCCc1ccc(Cl)nc1Cc1ccccc1C#N. The molecule has 0 amide bonds. The van der Waals surface area contributed by atoms with E-state index in [0.717, 1.165) is 17.7 Å². The minimum atomic E-state index is 0.516. The maximum absolute atomic E-state index is 9.22. The van der Waals surface area contributed by atoms with Crippen molar-refractivity contribution in [1.29, 1.82) is 5.26 Å². The summed E-state index contributed by atoms with van der Waals surface area (Å²) in [5, 5.41) is 9.74. The number of hydrogen-bond acceptors (Lipinski definition) is 2. The third-order valence-corrected chi connectivity index (χ3v) is 4.04. The number of hydrogen-bond donors (Lipinski definition) is 0. The zero-order valence-corrected chi connectivity index (χ0v) is 13.7. The Balaban J connectivity index is 2.18. The Hall–Kier alpha value is -1.85. The fourth-order valence-corrected chi connectivity index (χ4v) is 2.76. The van der Waals surface area contributed by atoms with Gasteiger partial charge in [-0.25, -0.2) is 4.98 Å². The second-order valence-electron chi connectivity index (χ2n) is 5.50. The Morgan fingerprint density at radius 2 is 1.86 bits per heavy atom. The normalized spacial score (nSPS) is 10.4. The third kappa shape index (κ3) is 4.58. The first-order chi connectivity index (χ1) is 10.7. The Morgan fingerprint density at radius 1 is 1.05 bits per heavy atom. The molecular formula is C19H21ClN2. The smallest absolute Gasteiger partial charge is 0.129 e. The second-order valence-corrected chi connectivity index (χ2v) is 5.88. The molecule has 1 heterocycles. The summed E-state index contributed by atoms with van der Waals surface area (Å²) in [6.07, 6.45) is 6.61. The Kier molecular flexibility index (Phi) is 6.43. The monoisotopic (exact) mass is 312 g/mol. The van der Waals surface area contributed by atoms with Crippen molar-refractivity contribution in [1.82, 2.24) is 4.98 Å². The van der Waals surface area contributed by atoms with Crippen molar-refractivity contribution in [2.24, 2.45) is 0 Å². The van der Waals surface area contributed by atoms with E-state index in [1.54, 1.807) is 0 Å². The number of halogens is 1. The first kappa shape index (κ1) is 16.5. The van der Waals surface area contributed by atoms with Crippen LogP contribution in [-0.4, -0.2) is 4.98 Å². The van der Waals surface area contributed by atoms with Gasteiger partial charge in [0, 0.05) is 12.1 Å². The van der Waals surface area contributed by atoms with E-state index in [1.807, 2.05) is 30.3 Å². The maximum Gasteiger partial charge on any atom is 0.129 e. The predicted molar refractivity (Wildman–Crippen MR) is 91.1 cm³/mol. The van der Waals surface area contributed by atoms with Crippen molar-refractivity contribution in [3.05, 3.63) is 63.9 Å².